The van der Waals surface area contributed by atoms with Crippen LogP contribution in [0.5, 0.6) is 0 Å². The van der Waals surface area contributed by atoms with E-state index in [1.165, 1.54) is 29.5 Å². The van der Waals surface area contributed by atoms with Crippen molar-refractivity contribution in [2.75, 3.05) is 0 Å². The van der Waals surface area contributed by atoms with Crippen molar-refractivity contribution in [3.8, 4) is 0 Å². The van der Waals surface area contributed by atoms with Crippen LogP contribution < -0.4 is 5.32 Å². The fourth-order valence-electron chi connectivity index (χ4n) is 3.58. The SMILES string of the molecule is C[C@@H](NC(=O)c1ccc(Cn2ccnc2)cc1)c1ccc2c(c1)CCC2. The minimum Gasteiger partial charge on any atom is -0.346 e. The van der Waals surface area contributed by atoms with Gasteiger partial charge in [-0.2, -0.15) is 0 Å². The van der Waals surface area contributed by atoms with Gasteiger partial charge in [-0.05, 0) is 60.6 Å². The van der Waals surface area contributed by atoms with Gasteiger partial charge in [0.2, 0.25) is 0 Å². The van der Waals surface area contributed by atoms with Gasteiger partial charge in [0.1, 0.15) is 0 Å². The van der Waals surface area contributed by atoms with Gasteiger partial charge in [-0.1, -0.05) is 30.3 Å². The van der Waals surface area contributed by atoms with E-state index in [2.05, 4.69) is 28.5 Å². The highest BCUT2D eigenvalue weighted by atomic mass is 16.1. The normalized spacial score (nSPS) is 14.0. The number of aromatic nitrogens is 2. The minimum absolute atomic E-state index is 0.000903. The number of aryl methyl sites for hydroxylation is 2. The second kappa shape index (κ2) is 7.16. The maximum atomic E-state index is 12.6. The zero-order chi connectivity index (χ0) is 17.9. The van der Waals surface area contributed by atoms with Crippen LogP contribution in [0.3, 0.4) is 0 Å². The van der Waals surface area contributed by atoms with Crippen molar-refractivity contribution in [2.45, 2.75) is 38.8 Å². The van der Waals surface area contributed by atoms with Gasteiger partial charge in [-0.25, -0.2) is 4.98 Å². The molecule has 26 heavy (non-hydrogen) atoms. The Bertz CT molecular complexity index is 898. The van der Waals surface area contributed by atoms with Crippen molar-refractivity contribution in [3.05, 3.63) is 89.0 Å². The van der Waals surface area contributed by atoms with E-state index in [-0.39, 0.29) is 11.9 Å². The molecule has 1 heterocycles. The van der Waals surface area contributed by atoms with Gasteiger partial charge in [0.25, 0.3) is 5.91 Å². The molecule has 0 unspecified atom stereocenters. The van der Waals surface area contributed by atoms with Gasteiger partial charge in [-0.3, -0.25) is 4.79 Å². The van der Waals surface area contributed by atoms with Crippen LogP contribution in [-0.4, -0.2) is 15.5 Å². The van der Waals surface area contributed by atoms with E-state index in [0.717, 1.165) is 18.5 Å². The summed E-state index contributed by atoms with van der Waals surface area (Å²) in [5.74, 6) is -0.0350. The van der Waals surface area contributed by atoms with Crippen molar-refractivity contribution >= 4 is 5.91 Å². The summed E-state index contributed by atoms with van der Waals surface area (Å²) in [7, 11) is 0. The van der Waals surface area contributed by atoms with E-state index in [4.69, 9.17) is 0 Å². The number of hydrogen-bond donors (Lipinski definition) is 1. The van der Waals surface area contributed by atoms with Gasteiger partial charge in [-0.15, -0.1) is 0 Å². The predicted molar refractivity (Wildman–Crippen MR) is 102 cm³/mol. The van der Waals surface area contributed by atoms with Crippen LogP contribution >= 0.6 is 0 Å². The number of nitrogens with one attached hydrogen (secondary N) is 1. The molecule has 0 radical (unpaired) electrons. The van der Waals surface area contributed by atoms with E-state index in [1.807, 2.05) is 42.0 Å². The van der Waals surface area contributed by atoms with Crippen LogP contribution in [0.4, 0.5) is 0 Å². The summed E-state index contributed by atoms with van der Waals surface area (Å²) < 4.78 is 2.00. The fourth-order valence-corrected chi connectivity index (χ4v) is 3.58. The van der Waals surface area contributed by atoms with Crippen molar-refractivity contribution in [1.29, 1.82) is 0 Å². The maximum absolute atomic E-state index is 12.6. The summed E-state index contributed by atoms with van der Waals surface area (Å²) in [4.78, 5) is 16.6. The van der Waals surface area contributed by atoms with Crippen LogP contribution in [0.25, 0.3) is 0 Å². The Morgan fingerprint density at radius 1 is 1.15 bits per heavy atom. The molecule has 1 amide bonds. The molecule has 0 fully saturated rings. The summed E-state index contributed by atoms with van der Waals surface area (Å²) in [6, 6.07) is 14.4. The van der Waals surface area contributed by atoms with E-state index in [9.17, 15) is 4.79 Å². The molecule has 4 nitrogen and oxygen atoms in total. The van der Waals surface area contributed by atoms with E-state index in [0.29, 0.717) is 5.56 Å². The average Bonchev–Trinajstić information content (AvgIpc) is 3.33. The molecule has 0 spiro atoms. The number of fused-ring (bicyclic) bond motifs is 1. The highest BCUT2D eigenvalue weighted by molar-refractivity contribution is 5.94. The number of nitrogens with zero attached hydrogens (tertiary/aromatic N) is 2. The summed E-state index contributed by atoms with van der Waals surface area (Å²) in [5.41, 5.74) is 5.91. The summed E-state index contributed by atoms with van der Waals surface area (Å²) >= 11 is 0. The quantitative estimate of drug-likeness (QED) is 0.762. The number of carbonyl (C=O) groups is 1. The van der Waals surface area contributed by atoms with Crippen molar-refractivity contribution < 1.29 is 4.79 Å². The molecule has 1 aromatic heterocycles. The molecule has 4 rings (SSSR count). The second-order valence-corrected chi connectivity index (χ2v) is 7.01. The number of carbonyl (C=O) groups excluding carboxylic acids is 1. The molecule has 2 aromatic carbocycles. The Balaban J connectivity index is 1.41. The van der Waals surface area contributed by atoms with Crippen molar-refractivity contribution in [2.24, 2.45) is 0 Å². The Morgan fingerprint density at radius 2 is 1.96 bits per heavy atom. The smallest absolute Gasteiger partial charge is 0.251 e. The predicted octanol–water partition coefficient (Wildman–Crippen LogP) is 3.91. The Morgan fingerprint density at radius 3 is 2.73 bits per heavy atom. The Labute approximate surface area is 153 Å². The van der Waals surface area contributed by atoms with Gasteiger partial charge >= 0.3 is 0 Å². The monoisotopic (exact) mass is 345 g/mol. The molecule has 0 aliphatic heterocycles. The molecule has 132 valence electrons. The zero-order valence-electron chi connectivity index (χ0n) is 15.0. The lowest BCUT2D eigenvalue weighted by Gasteiger charge is -2.16. The third-order valence-corrected chi connectivity index (χ3v) is 5.11. The highest BCUT2D eigenvalue weighted by Crippen LogP contribution is 2.25. The van der Waals surface area contributed by atoms with Crippen LogP contribution in [0, 0.1) is 0 Å². The van der Waals surface area contributed by atoms with E-state index in [1.54, 1.807) is 12.5 Å². The molecule has 0 saturated heterocycles. The molecule has 1 atom stereocenters. The van der Waals surface area contributed by atoms with Crippen LogP contribution in [0.15, 0.2) is 61.2 Å². The zero-order valence-corrected chi connectivity index (χ0v) is 15.0. The van der Waals surface area contributed by atoms with Gasteiger partial charge in [0.15, 0.2) is 0 Å². The first kappa shape index (κ1) is 16.6. The fraction of sp³-hybridized carbons (Fsp3) is 0.273. The van der Waals surface area contributed by atoms with E-state index >= 15 is 0 Å². The first-order chi connectivity index (χ1) is 12.7. The van der Waals surface area contributed by atoms with Crippen LogP contribution in [0.1, 0.15) is 52.0 Å². The Hall–Kier alpha value is -2.88. The third-order valence-electron chi connectivity index (χ3n) is 5.11. The van der Waals surface area contributed by atoms with Crippen LogP contribution in [0.2, 0.25) is 0 Å². The minimum atomic E-state index is -0.0350. The molecular weight excluding hydrogens is 322 g/mol. The number of imidazole rings is 1. The molecule has 1 aliphatic carbocycles. The lowest BCUT2D eigenvalue weighted by atomic mass is 10.0. The molecule has 3 aromatic rings. The summed E-state index contributed by atoms with van der Waals surface area (Å²) in [6.45, 7) is 2.80. The first-order valence-corrected chi connectivity index (χ1v) is 9.16. The first-order valence-electron chi connectivity index (χ1n) is 9.16. The molecule has 1 N–H and O–H groups in total. The highest BCUT2D eigenvalue weighted by Gasteiger charge is 2.15. The van der Waals surface area contributed by atoms with Crippen molar-refractivity contribution in [3.63, 3.8) is 0 Å². The van der Waals surface area contributed by atoms with Gasteiger partial charge in [0.05, 0.1) is 12.4 Å². The number of benzene rings is 2. The molecule has 0 saturated carbocycles. The molecule has 4 heteroatoms. The Kier molecular flexibility index (Phi) is 4.57. The lowest BCUT2D eigenvalue weighted by Crippen LogP contribution is -2.26. The topological polar surface area (TPSA) is 46.9 Å². The van der Waals surface area contributed by atoms with Gasteiger partial charge in [0, 0.05) is 24.5 Å². The molecule has 0 bridgehead atoms. The largest absolute Gasteiger partial charge is 0.346 e. The summed E-state index contributed by atoms with van der Waals surface area (Å²) in [6.07, 6.45) is 9.06. The molecular formula is C22H23N3O. The van der Waals surface area contributed by atoms with Gasteiger partial charge < -0.3 is 9.88 Å². The lowest BCUT2D eigenvalue weighted by molar-refractivity contribution is 0.0940. The number of rotatable bonds is 5. The van der Waals surface area contributed by atoms with Crippen LogP contribution in [-0.2, 0) is 19.4 Å². The molecule has 1 aliphatic rings. The third kappa shape index (κ3) is 3.54. The average molecular weight is 345 g/mol. The summed E-state index contributed by atoms with van der Waals surface area (Å²) in [5, 5.41) is 3.11. The maximum Gasteiger partial charge on any atom is 0.251 e. The standard InChI is InChI=1S/C22H23N3O/c1-16(20-10-9-18-3-2-4-21(18)13-20)24-22(26)19-7-5-17(6-8-19)14-25-12-11-23-15-25/h5-13,15-16H,2-4,14H2,1H3,(H,24,26)/t16-/m1/s1. The van der Waals surface area contributed by atoms with E-state index < -0.39 is 0 Å². The van der Waals surface area contributed by atoms with Crippen molar-refractivity contribution in [1.82, 2.24) is 14.9 Å². The number of hydrogen-bond acceptors (Lipinski definition) is 2. The second-order valence-electron chi connectivity index (χ2n) is 7.01. The number of amides is 1.